The summed E-state index contributed by atoms with van der Waals surface area (Å²) in [4.78, 5) is 25.0. The highest BCUT2D eigenvalue weighted by atomic mass is 16.6. The van der Waals surface area contributed by atoms with Gasteiger partial charge in [0.1, 0.15) is 6.10 Å². The van der Waals surface area contributed by atoms with Crippen molar-refractivity contribution in [1.82, 2.24) is 0 Å². The SMILES string of the molecule is CCC(C)(C(=O)OC)C(=O)OC(c1ccc(C)cc1)C1CCCCC1. The van der Waals surface area contributed by atoms with Crippen molar-refractivity contribution in [3.8, 4) is 0 Å². The molecule has 0 saturated heterocycles. The molecule has 1 aromatic carbocycles. The average molecular weight is 346 g/mol. The number of hydrogen-bond acceptors (Lipinski definition) is 4. The van der Waals surface area contributed by atoms with Crippen LogP contribution in [-0.2, 0) is 19.1 Å². The Bertz CT molecular complexity index is 586. The Morgan fingerprint density at radius 1 is 1.12 bits per heavy atom. The van der Waals surface area contributed by atoms with E-state index >= 15 is 0 Å². The molecule has 0 amide bonds. The van der Waals surface area contributed by atoms with E-state index in [1.807, 2.05) is 31.2 Å². The van der Waals surface area contributed by atoms with Gasteiger partial charge in [0, 0.05) is 5.92 Å². The molecular weight excluding hydrogens is 316 g/mol. The monoisotopic (exact) mass is 346 g/mol. The third-order valence-corrected chi connectivity index (χ3v) is 5.51. The highest BCUT2D eigenvalue weighted by Gasteiger charge is 2.44. The van der Waals surface area contributed by atoms with E-state index in [1.54, 1.807) is 13.8 Å². The quantitative estimate of drug-likeness (QED) is 0.551. The van der Waals surface area contributed by atoms with Gasteiger partial charge in [0.15, 0.2) is 5.41 Å². The van der Waals surface area contributed by atoms with E-state index in [4.69, 9.17) is 9.47 Å². The number of carbonyl (C=O) groups is 2. The average Bonchev–Trinajstić information content (AvgIpc) is 2.66. The first-order valence-electron chi connectivity index (χ1n) is 9.28. The van der Waals surface area contributed by atoms with Crippen molar-refractivity contribution >= 4 is 11.9 Å². The van der Waals surface area contributed by atoms with E-state index in [9.17, 15) is 9.59 Å². The molecular formula is C21H30O4. The van der Waals surface area contributed by atoms with Gasteiger partial charge >= 0.3 is 11.9 Å². The van der Waals surface area contributed by atoms with Crippen LogP contribution in [0.2, 0.25) is 0 Å². The van der Waals surface area contributed by atoms with Crippen LogP contribution in [-0.4, -0.2) is 19.0 Å². The summed E-state index contributed by atoms with van der Waals surface area (Å²) in [7, 11) is 1.31. The fourth-order valence-electron chi connectivity index (χ4n) is 3.47. The zero-order valence-electron chi connectivity index (χ0n) is 15.8. The number of esters is 2. The summed E-state index contributed by atoms with van der Waals surface area (Å²) in [5.41, 5.74) is 0.923. The summed E-state index contributed by atoms with van der Waals surface area (Å²) in [6, 6.07) is 8.14. The van der Waals surface area contributed by atoms with Crippen LogP contribution in [0.3, 0.4) is 0 Å². The molecule has 4 heteroatoms. The molecule has 0 radical (unpaired) electrons. The first-order chi connectivity index (χ1) is 11.9. The molecule has 0 bridgehead atoms. The molecule has 1 saturated carbocycles. The minimum atomic E-state index is -1.26. The molecule has 0 aromatic heterocycles. The number of rotatable bonds is 6. The zero-order valence-corrected chi connectivity index (χ0v) is 15.8. The molecule has 2 atom stereocenters. The Balaban J connectivity index is 2.27. The van der Waals surface area contributed by atoms with Crippen LogP contribution in [0, 0.1) is 18.3 Å². The maximum absolute atomic E-state index is 12.9. The summed E-state index contributed by atoms with van der Waals surface area (Å²) in [5, 5.41) is 0. The van der Waals surface area contributed by atoms with Gasteiger partial charge in [-0.05, 0) is 38.7 Å². The summed E-state index contributed by atoms with van der Waals surface area (Å²) < 4.78 is 10.8. The van der Waals surface area contributed by atoms with Gasteiger partial charge in [-0.15, -0.1) is 0 Å². The smallest absolute Gasteiger partial charge is 0.323 e. The molecule has 0 spiro atoms. The first-order valence-corrected chi connectivity index (χ1v) is 9.28. The van der Waals surface area contributed by atoms with Gasteiger partial charge in [0.2, 0.25) is 0 Å². The molecule has 0 heterocycles. The van der Waals surface area contributed by atoms with Crippen molar-refractivity contribution in [3.63, 3.8) is 0 Å². The molecule has 2 rings (SSSR count). The predicted molar refractivity (Wildman–Crippen MR) is 97.0 cm³/mol. The van der Waals surface area contributed by atoms with E-state index < -0.39 is 17.4 Å². The minimum Gasteiger partial charge on any atom is -0.468 e. The van der Waals surface area contributed by atoms with Crippen molar-refractivity contribution in [3.05, 3.63) is 35.4 Å². The Kier molecular flexibility index (Phi) is 6.63. The van der Waals surface area contributed by atoms with Gasteiger partial charge in [-0.2, -0.15) is 0 Å². The summed E-state index contributed by atoms with van der Waals surface area (Å²) >= 11 is 0. The van der Waals surface area contributed by atoms with Crippen molar-refractivity contribution in [2.45, 2.75) is 65.4 Å². The highest BCUT2D eigenvalue weighted by Crippen LogP contribution is 2.39. The Hall–Kier alpha value is -1.84. The van der Waals surface area contributed by atoms with Gasteiger partial charge < -0.3 is 9.47 Å². The molecule has 4 nitrogen and oxygen atoms in total. The third-order valence-electron chi connectivity index (χ3n) is 5.51. The number of ether oxygens (including phenoxy) is 2. The van der Waals surface area contributed by atoms with Gasteiger partial charge in [-0.3, -0.25) is 9.59 Å². The lowest BCUT2D eigenvalue weighted by Crippen LogP contribution is -2.39. The number of aryl methyl sites for hydroxylation is 1. The number of carbonyl (C=O) groups excluding carboxylic acids is 2. The van der Waals surface area contributed by atoms with Crippen LogP contribution in [0.5, 0.6) is 0 Å². The van der Waals surface area contributed by atoms with Crippen molar-refractivity contribution in [2.75, 3.05) is 7.11 Å². The lowest BCUT2D eigenvalue weighted by atomic mass is 9.82. The molecule has 1 aliphatic carbocycles. The number of benzene rings is 1. The Morgan fingerprint density at radius 2 is 1.72 bits per heavy atom. The number of methoxy groups -OCH3 is 1. The second kappa shape index (κ2) is 8.50. The second-order valence-electron chi connectivity index (χ2n) is 7.31. The van der Waals surface area contributed by atoms with Crippen molar-refractivity contribution < 1.29 is 19.1 Å². The van der Waals surface area contributed by atoms with E-state index in [1.165, 1.54) is 19.1 Å². The van der Waals surface area contributed by atoms with Gasteiger partial charge in [-0.25, -0.2) is 0 Å². The highest BCUT2D eigenvalue weighted by molar-refractivity contribution is 5.99. The first kappa shape index (κ1) is 19.5. The standard InChI is InChI=1S/C21H30O4/c1-5-21(3,19(22)24-4)20(23)25-18(16-9-7-6-8-10-16)17-13-11-15(2)12-14-17/h11-14,16,18H,5-10H2,1-4H3. The van der Waals surface area contributed by atoms with E-state index in [0.717, 1.165) is 31.2 Å². The minimum absolute atomic E-state index is 0.302. The lowest BCUT2D eigenvalue weighted by molar-refractivity contribution is -0.176. The molecule has 1 aliphatic rings. The number of hydrogen-bond donors (Lipinski definition) is 0. The Labute approximate surface area is 150 Å². The molecule has 0 N–H and O–H groups in total. The van der Waals surface area contributed by atoms with E-state index in [0.29, 0.717) is 12.3 Å². The van der Waals surface area contributed by atoms with Crippen LogP contribution < -0.4 is 0 Å². The molecule has 2 unspecified atom stereocenters. The lowest BCUT2D eigenvalue weighted by Gasteiger charge is -2.33. The van der Waals surface area contributed by atoms with Crippen molar-refractivity contribution in [2.24, 2.45) is 11.3 Å². The van der Waals surface area contributed by atoms with Crippen LogP contribution in [0.4, 0.5) is 0 Å². The van der Waals surface area contributed by atoms with Crippen LogP contribution in [0.15, 0.2) is 24.3 Å². The summed E-state index contributed by atoms with van der Waals surface area (Å²) in [5.74, 6) is -0.719. The fourth-order valence-corrected chi connectivity index (χ4v) is 3.47. The normalized spacial score (nSPS) is 18.9. The summed E-state index contributed by atoms with van der Waals surface area (Å²) in [6.45, 7) is 5.45. The van der Waals surface area contributed by atoms with E-state index in [-0.39, 0.29) is 6.10 Å². The maximum Gasteiger partial charge on any atom is 0.323 e. The van der Waals surface area contributed by atoms with Gasteiger partial charge in [-0.1, -0.05) is 56.0 Å². The van der Waals surface area contributed by atoms with Crippen LogP contribution >= 0.6 is 0 Å². The van der Waals surface area contributed by atoms with Crippen molar-refractivity contribution in [1.29, 1.82) is 0 Å². The van der Waals surface area contributed by atoms with Crippen LogP contribution in [0.25, 0.3) is 0 Å². The fraction of sp³-hybridized carbons (Fsp3) is 0.619. The third kappa shape index (κ3) is 4.42. The molecule has 1 fully saturated rings. The largest absolute Gasteiger partial charge is 0.468 e. The Morgan fingerprint density at radius 3 is 2.24 bits per heavy atom. The zero-order chi connectivity index (χ0) is 18.4. The molecule has 0 aliphatic heterocycles. The topological polar surface area (TPSA) is 52.6 Å². The maximum atomic E-state index is 12.9. The van der Waals surface area contributed by atoms with Gasteiger partial charge in [0.25, 0.3) is 0 Å². The second-order valence-corrected chi connectivity index (χ2v) is 7.31. The van der Waals surface area contributed by atoms with E-state index in [2.05, 4.69) is 0 Å². The molecule has 25 heavy (non-hydrogen) atoms. The summed E-state index contributed by atoms with van der Waals surface area (Å²) in [6.07, 6.45) is 5.70. The molecule has 138 valence electrons. The van der Waals surface area contributed by atoms with Gasteiger partial charge in [0.05, 0.1) is 7.11 Å². The van der Waals surface area contributed by atoms with Crippen LogP contribution in [0.1, 0.15) is 69.6 Å². The molecule has 1 aromatic rings. The predicted octanol–water partition coefficient (Wildman–Crippen LogP) is 4.75.